The van der Waals surface area contributed by atoms with Gasteiger partial charge in [-0.05, 0) is 73.6 Å². The van der Waals surface area contributed by atoms with E-state index in [-0.39, 0.29) is 30.1 Å². The van der Waals surface area contributed by atoms with Crippen LogP contribution in [-0.4, -0.2) is 28.6 Å². The predicted octanol–water partition coefficient (Wildman–Crippen LogP) is 7.26. The monoisotopic (exact) mass is 491 g/mol. The molecule has 3 unspecified atom stereocenters. The van der Waals surface area contributed by atoms with Gasteiger partial charge in [-0.25, -0.2) is 4.39 Å². The Labute approximate surface area is 204 Å². The Hall–Kier alpha value is -2.41. The van der Waals surface area contributed by atoms with E-state index in [9.17, 15) is 27.5 Å². The third kappa shape index (κ3) is 6.63. The molecular formula is C28H33F4NO2. The first-order chi connectivity index (χ1) is 16.7. The van der Waals surface area contributed by atoms with Gasteiger partial charge in [-0.1, -0.05) is 43.2 Å². The zero-order valence-electron chi connectivity index (χ0n) is 19.8. The minimum atomic E-state index is -4.41. The second-order valence-corrected chi connectivity index (χ2v) is 10.2. The molecule has 35 heavy (non-hydrogen) atoms. The molecule has 2 fully saturated rings. The number of benzene rings is 2. The smallest absolute Gasteiger partial charge is 0.416 e. The van der Waals surface area contributed by atoms with E-state index in [0.717, 1.165) is 49.9 Å². The zero-order chi connectivity index (χ0) is 25.0. The Kier molecular flexibility index (Phi) is 8.15. The summed E-state index contributed by atoms with van der Waals surface area (Å²) in [6.07, 6.45) is 2.37. The van der Waals surface area contributed by atoms with E-state index in [1.54, 1.807) is 24.3 Å². The molecule has 2 aliphatic carbocycles. The SMILES string of the molecule is O=C(O)CC1CCC(N(Cc2ccccc2F)CC2CCCC2)C(c2ccc(C(F)(F)F)cc2)C1. The number of halogens is 4. The van der Waals surface area contributed by atoms with E-state index in [2.05, 4.69) is 4.90 Å². The number of carboxylic acids is 1. The standard InChI is InChI=1S/C28H33F4NO2/c29-25-8-4-3-7-22(25)18-33(17-19-5-1-2-6-19)26-14-9-20(16-27(34)35)15-24(26)21-10-12-23(13-11-21)28(30,31)32/h3-4,7-8,10-13,19-20,24,26H,1-2,5-6,9,14-18H2,(H,34,35). The average Bonchev–Trinajstić information content (AvgIpc) is 3.32. The van der Waals surface area contributed by atoms with Crippen LogP contribution in [0.5, 0.6) is 0 Å². The maximum atomic E-state index is 14.6. The summed E-state index contributed by atoms with van der Waals surface area (Å²) in [6.45, 7) is 1.26. The quantitative estimate of drug-likeness (QED) is 0.395. The topological polar surface area (TPSA) is 40.5 Å². The van der Waals surface area contributed by atoms with E-state index in [1.165, 1.54) is 18.9 Å². The highest BCUT2D eigenvalue weighted by Crippen LogP contribution is 2.42. The van der Waals surface area contributed by atoms with Crippen LogP contribution in [0.4, 0.5) is 17.6 Å². The van der Waals surface area contributed by atoms with E-state index in [1.807, 2.05) is 6.07 Å². The molecule has 0 spiro atoms. The predicted molar refractivity (Wildman–Crippen MR) is 126 cm³/mol. The molecule has 2 aromatic rings. The molecule has 0 aromatic heterocycles. The fourth-order valence-corrected chi connectivity index (χ4v) is 6.08. The van der Waals surface area contributed by atoms with Gasteiger partial charge in [-0.3, -0.25) is 9.69 Å². The van der Waals surface area contributed by atoms with Crippen LogP contribution in [0.25, 0.3) is 0 Å². The molecule has 3 nitrogen and oxygen atoms in total. The molecule has 0 heterocycles. The van der Waals surface area contributed by atoms with Crippen molar-refractivity contribution in [1.82, 2.24) is 4.90 Å². The van der Waals surface area contributed by atoms with Crippen LogP contribution in [-0.2, 0) is 17.5 Å². The highest BCUT2D eigenvalue weighted by molar-refractivity contribution is 5.67. The van der Waals surface area contributed by atoms with Gasteiger partial charge in [0.2, 0.25) is 0 Å². The third-order valence-electron chi connectivity index (χ3n) is 7.82. The largest absolute Gasteiger partial charge is 0.481 e. The van der Waals surface area contributed by atoms with E-state index in [4.69, 9.17) is 0 Å². The Morgan fingerprint density at radius 1 is 0.943 bits per heavy atom. The minimum Gasteiger partial charge on any atom is -0.481 e. The Bertz CT molecular complexity index is 985. The molecule has 7 heteroatoms. The van der Waals surface area contributed by atoms with Crippen molar-refractivity contribution in [3.05, 3.63) is 71.0 Å². The maximum absolute atomic E-state index is 14.6. The number of nitrogens with zero attached hydrogens (tertiary/aromatic N) is 1. The lowest BCUT2D eigenvalue weighted by atomic mass is 9.72. The summed E-state index contributed by atoms with van der Waals surface area (Å²) in [5, 5.41) is 9.36. The molecule has 3 atom stereocenters. The maximum Gasteiger partial charge on any atom is 0.416 e. The van der Waals surface area contributed by atoms with Gasteiger partial charge in [0, 0.05) is 31.1 Å². The summed E-state index contributed by atoms with van der Waals surface area (Å²) in [5.41, 5.74) is 0.720. The van der Waals surface area contributed by atoms with Gasteiger partial charge >= 0.3 is 12.1 Å². The van der Waals surface area contributed by atoms with Gasteiger partial charge in [0.05, 0.1) is 5.56 Å². The van der Waals surface area contributed by atoms with Crippen LogP contribution < -0.4 is 0 Å². The van der Waals surface area contributed by atoms with Crippen molar-refractivity contribution in [3.8, 4) is 0 Å². The number of rotatable bonds is 8. The van der Waals surface area contributed by atoms with Crippen LogP contribution in [0.15, 0.2) is 48.5 Å². The molecule has 190 valence electrons. The van der Waals surface area contributed by atoms with Crippen molar-refractivity contribution in [2.24, 2.45) is 11.8 Å². The normalized spacial score (nSPS) is 23.6. The second-order valence-electron chi connectivity index (χ2n) is 10.2. The number of hydrogen-bond acceptors (Lipinski definition) is 2. The summed E-state index contributed by atoms with van der Waals surface area (Å²) >= 11 is 0. The molecule has 2 aliphatic rings. The van der Waals surface area contributed by atoms with Crippen molar-refractivity contribution >= 4 is 5.97 Å². The highest BCUT2D eigenvalue weighted by atomic mass is 19.4. The number of carboxylic acid groups (broad SMARTS) is 1. The zero-order valence-corrected chi connectivity index (χ0v) is 19.8. The van der Waals surface area contributed by atoms with Crippen molar-refractivity contribution in [3.63, 3.8) is 0 Å². The molecule has 0 aliphatic heterocycles. The Morgan fingerprint density at radius 2 is 1.63 bits per heavy atom. The van der Waals surface area contributed by atoms with E-state index in [0.29, 0.717) is 24.4 Å². The summed E-state index contributed by atoms with van der Waals surface area (Å²) in [4.78, 5) is 13.7. The van der Waals surface area contributed by atoms with Gasteiger partial charge in [0.25, 0.3) is 0 Å². The molecular weight excluding hydrogens is 458 g/mol. The molecule has 2 saturated carbocycles. The molecule has 4 rings (SSSR count). The van der Waals surface area contributed by atoms with Crippen LogP contribution in [0, 0.1) is 17.7 Å². The number of alkyl halides is 3. The van der Waals surface area contributed by atoms with Gasteiger partial charge in [0.1, 0.15) is 5.82 Å². The highest BCUT2D eigenvalue weighted by Gasteiger charge is 2.38. The fraction of sp³-hybridized carbons (Fsp3) is 0.536. The first-order valence-electron chi connectivity index (χ1n) is 12.6. The molecule has 0 amide bonds. The summed E-state index contributed by atoms with van der Waals surface area (Å²) in [5.74, 6) is -0.725. The lowest BCUT2D eigenvalue weighted by Crippen LogP contribution is -2.45. The van der Waals surface area contributed by atoms with Crippen LogP contribution >= 0.6 is 0 Å². The van der Waals surface area contributed by atoms with Crippen LogP contribution in [0.1, 0.15) is 74.0 Å². The van der Waals surface area contributed by atoms with Crippen molar-refractivity contribution in [1.29, 1.82) is 0 Å². The lowest BCUT2D eigenvalue weighted by molar-refractivity contribution is -0.139. The van der Waals surface area contributed by atoms with Crippen LogP contribution in [0.3, 0.4) is 0 Å². The summed E-state index contributed by atoms with van der Waals surface area (Å²) in [7, 11) is 0. The molecule has 2 aromatic carbocycles. The van der Waals surface area contributed by atoms with E-state index < -0.39 is 17.7 Å². The first-order valence-corrected chi connectivity index (χ1v) is 12.6. The van der Waals surface area contributed by atoms with Crippen molar-refractivity contribution in [2.75, 3.05) is 6.54 Å². The summed E-state index contributed by atoms with van der Waals surface area (Å²) < 4.78 is 54.1. The van der Waals surface area contributed by atoms with Crippen molar-refractivity contribution in [2.45, 2.75) is 76.0 Å². The second kappa shape index (κ2) is 11.1. The first kappa shape index (κ1) is 25.7. The average molecular weight is 492 g/mol. The van der Waals surface area contributed by atoms with Gasteiger partial charge in [-0.15, -0.1) is 0 Å². The fourth-order valence-electron chi connectivity index (χ4n) is 6.08. The Morgan fingerprint density at radius 3 is 2.26 bits per heavy atom. The van der Waals surface area contributed by atoms with Crippen LogP contribution in [0.2, 0.25) is 0 Å². The minimum absolute atomic E-state index is 0.0111. The van der Waals surface area contributed by atoms with Crippen molar-refractivity contribution < 1.29 is 27.5 Å². The number of aliphatic carboxylic acids is 1. The van der Waals surface area contributed by atoms with Gasteiger partial charge in [0.15, 0.2) is 0 Å². The molecule has 1 N–H and O–H groups in total. The number of carbonyl (C=O) groups is 1. The lowest BCUT2D eigenvalue weighted by Gasteiger charge is -2.44. The molecule has 0 saturated heterocycles. The van der Waals surface area contributed by atoms with E-state index >= 15 is 0 Å². The van der Waals surface area contributed by atoms with Gasteiger partial charge < -0.3 is 5.11 Å². The summed E-state index contributed by atoms with van der Waals surface area (Å²) in [6, 6.07) is 12.1. The number of hydrogen-bond donors (Lipinski definition) is 1. The molecule has 0 radical (unpaired) electrons. The van der Waals surface area contributed by atoms with Gasteiger partial charge in [-0.2, -0.15) is 13.2 Å². The molecule has 0 bridgehead atoms. The Balaban J connectivity index is 1.65. The third-order valence-corrected chi connectivity index (χ3v) is 7.82.